The van der Waals surface area contributed by atoms with Crippen molar-refractivity contribution in [1.29, 1.82) is 0 Å². The second kappa shape index (κ2) is 7.17. The van der Waals surface area contributed by atoms with Crippen molar-refractivity contribution >= 4 is 11.6 Å². The average molecular weight is 303 g/mol. The highest BCUT2D eigenvalue weighted by Gasteiger charge is 2.14. The van der Waals surface area contributed by atoms with Crippen LogP contribution in [-0.4, -0.2) is 27.3 Å². The summed E-state index contributed by atoms with van der Waals surface area (Å²) in [5.74, 6) is 0.901. The molecular weight excluding hydrogens is 282 g/mol. The van der Waals surface area contributed by atoms with Gasteiger partial charge in [-0.2, -0.15) is 0 Å². The number of benzene rings is 1. The van der Waals surface area contributed by atoms with Crippen molar-refractivity contribution in [1.82, 2.24) is 10.2 Å². The van der Waals surface area contributed by atoms with Gasteiger partial charge in [-0.05, 0) is 30.2 Å². The smallest absolute Gasteiger partial charge is 0.247 e. The van der Waals surface area contributed by atoms with E-state index in [2.05, 4.69) is 15.5 Å². The standard InChI is InChI=1S/C16H21N3O3/c1-4-15-18-19-16(22-15)11-5-7-12(8-6-11)17-14(21)9-13(20)10(2)3/h5-8,10,13,20H,4,9H2,1-3H3,(H,17,21). The minimum atomic E-state index is -0.634. The van der Waals surface area contributed by atoms with E-state index < -0.39 is 6.10 Å². The molecule has 1 unspecified atom stereocenters. The molecule has 1 atom stereocenters. The van der Waals surface area contributed by atoms with Crippen molar-refractivity contribution in [3.05, 3.63) is 30.2 Å². The maximum atomic E-state index is 11.8. The maximum Gasteiger partial charge on any atom is 0.247 e. The summed E-state index contributed by atoms with van der Waals surface area (Å²) in [5.41, 5.74) is 1.47. The summed E-state index contributed by atoms with van der Waals surface area (Å²) in [6, 6.07) is 7.15. The normalized spacial score (nSPS) is 12.4. The van der Waals surface area contributed by atoms with Gasteiger partial charge in [0.15, 0.2) is 0 Å². The fourth-order valence-electron chi connectivity index (χ4n) is 1.85. The number of aliphatic hydroxyl groups excluding tert-OH is 1. The summed E-state index contributed by atoms with van der Waals surface area (Å²) in [7, 11) is 0. The molecule has 22 heavy (non-hydrogen) atoms. The number of rotatable bonds is 6. The highest BCUT2D eigenvalue weighted by atomic mass is 16.4. The molecule has 6 heteroatoms. The summed E-state index contributed by atoms with van der Waals surface area (Å²) < 4.78 is 5.48. The van der Waals surface area contributed by atoms with Crippen LogP contribution in [0.5, 0.6) is 0 Å². The maximum absolute atomic E-state index is 11.8. The molecule has 0 aliphatic rings. The number of hydrogen-bond acceptors (Lipinski definition) is 5. The molecule has 0 saturated carbocycles. The van der Waals surface area contributed by atoms with Crippen molar-refractivity contribution in [2.75, 3.05) is 5.32 Å². The third-order valence-corrected chi connectivity index (χ3v) is 3.35. The minimum Gasteiger partial charge on any atom is -0.421 e. The van der Waals surface area contributed by atoms with Gasteiger partial charge >= 0.3 is 0 Å². The minimum absolute atomic E-state index is 0.0541. The number of anilines is 1. The van der Waals surface area contributed by atoms with Gasteiger partial charge < -0.3 is 14.8 Å². The van der Waals surface area contributed by atoms with Crippen LogP contribution in [-0.2, 0) is 11.2 Å². The van der Waals surface area contributed by atoms with Gasteiger partial charge in [-0.1, -0.05) is 20.8 Å². The van der Waals surface area contributed by atoms with Gasteiger partial charge in [0.25, 0.3) is 0 Å². The molecule has 2 rings (SSSR count). The largest absolute Gasteiger partial charge is 0.421 e. The number of aliphatic hydroxyl groups is 1. The van der Waals surface area contributed by atoms with Gasteiger partial charge in [-0.3, -0.25) is 4.79 Å². The van der Waals surface area contributed by atoms with Crippen LogP contribution in [0.2, 0.25) is 0 Å². The highest BCUT2D eigenvalue weighted by Crippen LogP contribution is 2.20. The third kappa shape index (κ3) is 4.14. The van der Waals surface area contributed by atoms with Crippen molar-refractivity contribution in [2.45, 2.75) is 39.7 Å². The summed E-state index contributed by atoms with van der Waals surface area (Å²) in [6.07, 6.45) is 0.146. The van der Waals surface area contributed by atoms with Crippen LogP contribution in [0.15, 0.2) is 28.7 Å². The molecule has 0 aliphatic heterocycles. The van der Waals surface area contributed by atoms with Crippen LogP contribution in [0.4, 0.5) is 5.69 Å². The molecule has 0 aliphatic carbocycles. The van der Waals surface area contributed by atoms with Crippen LogP contribution in [0, 0.1) is 5.92 Å². The molecule has 2 aromatic rings. The second-order valence-electron chi connectivity index (χ2n) is 5.50. The Kier molecular flexibility index (Phi) is 5.27. The molecule has 1 amide bonds. The average Bonchev–Trinajstić information content (AvgIpc) is 2.96. The number of carbonyl (C=O) groups excluding carboxylic acids is 1. The topological polar surface area (TPSA) is 88.2 Å². The molecule has 1 aromatic carbocycles. The van der Waals surface area contributed by atoms with E-state index in [-0.39, 0.29) is 18.2 Å². The lowest BCUT2D eigenvalue weighted by molar-refractivity contribution is -0.118. The quantitative estimate of drug-likeness (QED) is 0.856. The molecule has 0 bridgehead atoms. The van der Waals surface area contributed by atoms with Crippen molar-refractivity contribution < 1.29 is 14.3 Å². The summed E-state index contributed by atoms with van der Waals surface area (Å²) in [4.78, 5) is 11.8. The van der Waals surface area contributed by atoms with Crippen LogP contribution in [0.25, 0.3) is 11.5 Å². The molecule has 118 valence electrons. The Labute approximate surface area is 129 Å². The highest BCUT2D eigenvalue weighted by molar-refractivity contribution is 5.91. The van der Waals surface area contributed by atoms with E-state index >= 15 is 0 Å². The lowest BCUT2D eigenvalue weighted by atomic mass is 10.0. The molecule has 1 heterocycles. The molecule has 6 nitrogen and oxygen atoms in total. The monoisotopic (exact) mass is 303 g/mol. The van der Waals surface area contributed by atoms with Crippen LogP contribution in [0.3, 0.4) is 0 Å². The predicted molar refractivity (Wildman–Crippen MR) is 83.2 cm³/mol. The summed E-state index contributed by atoms with van der Waals surface area (Å²) >= 11 is 0. The number of aryl methyl sites for hydroxylation is 1. The van der Waals surface area contributed by atoms with E-state index in [4.69, 9.17) is 4.42 Å². The number of hydrogen-bond donors (Lipinski definition) is 2. The van der Waals surface area contributed by atoms with E-state index in [0.29, 0.717) is 23.9 Å². The van der Waals surface area contributed by atoms with E-state index in [9.17, 15) is 9.90 Å². The Hall–Kier alpha value is -2.21. The third-order valence-electron chi connectivity index (χ3n) is 3.35. The number of amides is 1. The van der Waals surface area contributed by atoms with Gasteiger partial charge in [-0.25, -0.2) is 0 Å². The van der Waals surface area contributed by atoms with Gasteiger partial charge in [-0.15, -0.1) is 10.2 Å². The molecule has 0 fully saturated rings. The first-order valence-electron chi connectivity index (χ1n) is 7.40. The first-order chi connectivity index (χ1) is 10.5. The lowest BCUT2D eigenvalue weighted by Crippen LogP contribution is -2.23. The molecule has 0 radical (unpaired) electrons. The van der Waals surface area contributed by atoms with E-state index in [1.165, 1.54) is 0 Å². The van der Waals surface area contributed by atoms with Crippen LogP contribution >= 0.6 is 0 Å². The molecule has 1 aromatic heterocycles. The Morgan fingerprint density at radius 3 is 2.50 bits per heavy atom. The van der Waals surface area contributed by atoms with E-state index in [0.717, 1.165) is 5.56 Å². The van der Waals surface area contributed by atoms with Crippen molar-refractivity contribution in [3.63, 3.8) is 0 Å². The number of nitrogens with zero attached hydrogens (tertiary/aromatic N) is 2. The SMILES string of the molecule is CCc1nnc(-c2ccc(NC(=O)CC(O)C(C)C)cc2)o1. The number of carbonyl (C=O) groups is 1. The fourth-order valence-corrected chi connectivity index (χ4v) is 1.85. The first-order valence-corrected chi connectivity index (χ1v) is 7.40. The van der Waals surface area contributed by atoms with Gasteiger partial charge in [0, 0.05) is 17.7 Å². The zero-order valence-electron chi connectivity index (χ0n) is 13.0. The van der Waals surface area contributed by atoms with Crippen molar-refractivity contribution in [3.8, 4) is 11.5 Å². The van der Waals surface area contributed by atoms with Crippen molar-refractivity contribution in [2.24, 2.45) is 5.92 Å². The number of nitrogens with one attached hydrogen (secondary N) is 1. The van der Waals surface area contributed by atoms with E-state index in [1.807, 2.05) is 20.8 Å². The zero-order valence-corrected chi connectivity index (χ0v) is 13.0. The summed E-state index contributed by atoms with van der Waals surface area (Å²) in [6.45, 7) is 5.70. The second-order valence-corrected chi connectivity index (χ2v) is 5.50. The Morgan fingerprint density at radius 2 is 1.95 bits per heavy atom. The van der Waals surface area contributed by atoms with Crippen LogP contribution < -0.4 is 5.32 Å². The fraction of sp³-hybridized carbons (Fsp3) is 0.438. The summed E-state index contributed by atoms with van der Waals surface area (Å²) in [5, 5.41) is 20.3. The van der Waals surface area contributed by atoms with Gasteiger partial charge in [0.05, 0.1) is 12.5 Å². The Morgan fingerprint density at radius 1 is 1.27 bits per heavy atom. The first kappa shape index (κ1) is 16.2. The molecular formula is C16H21N3O3. The molecule has 2 N–H and O–H groups in total. The molecule has 0 saturated heterocycles. The van der Waals surface area contributed by atoms with Gasteiger partial charge in [0.1, 0.15) is 0 Å². The Bertz CT molecular complexity index is 620. The van der Waals surface area contributed by atoms with Gasteiger partial charge in [0.2, 0.25) is 17.7 Å². The number of aromatic nitrogens is 2. The molecule has 0 spiro atoms. The Balaban J connectivity index is 1.98. The van der Waals surface area contributed by atoms with E-state index in [1.54, 1.807) is 24.3 Å². The van der Waals surface area contributed by atoms with Crippen LogP contribution in [0.1, 0.15) is 33.1 Å². The lowest BCUT2D eigenvalue weighted by Gasteiger charge is -2.14. The zero-order chi connectivity index (χ0) is 16.1. The predicted octanol–water partition coefficient (Wildman–Crippen LogP) is 2.64.